The summed E-state index contributed by atoms with van der Waals surface area (Å²) in [5.41, 5.74) is 1.46. The third-order valence-electron chi connectivity index (χ3n) is 5.14. The Bertz CT molecular complexity index is 426. The van der Waals surface area contributed by atoms with E-state index in [0.29, 0.717) is 6.04 Å². The predicted molar refractivity (Wildman–Crippen MR) is 125 cm³/mol. The Morgan fingerprint density at radius 2 is 1.21 bits per heavy atom. The van der Waals surface area contributed by atoms with Gasteiger partial charge in [0.05, 0.1) is 0 Å². The molecule has 1 atom stereocenters. The Hall–Kier alpha value is -1.06. The molecular formula is C24H44ClNO2. The van der Waals surface area contributed by atoms with E-state index in [-0.39, 0.29) is 18.9 Å². The van der Waals surface area contributed by atoms with Gasteiger partial charge in [-0.25, -0.2) is 0 Å². The van der Waals surface area contributed by atoms with Crippen molar-refractivity contribution in [3.8, 4) is 0 Å². The minimum absolute atomic E-state index is 0. The second kappa shape index (κ2) is 22.2. The number of carboxylic acid groups (broad SMARTS) is 1. The zero-order chi connectivity index (χ0) is 20.2. The maximum Gasteiger partial charge on any atom is 0.290 e. The fourth-order valence-corrected chi connectivity index (χ4v) is 3.58. The van der Waals surface area contributed by atoms with E-state index >= 15 is 0 Å². The molecule has 0 bridgehead atoms. The Balaban J connectivity index is 0. The van der Waals surface area contributed by atoms with E-state index in [1.54, 1.807) is 0 Å². The average Bonchev–Trinajstić information content (AvgIpc) is 2.66. The fourth-order valence-electron chi connectivity index (χ4n) is 3.58. The summed E-state index contributed by atoms with van der Waals surface area (Å²) in [6.07, 6.45) is 18.4. The first-order chi connectivity index (χ1) is 13.2. The van der Waals surface area contributed by atoms with Gasteiger partial charge in [-0.2, -0.15) is 0 Å². The average molecular weight is 414 g/mol. The van der Waals surface area contributed by atoms with Gasteiger partial charge in [0.25, 0.3) is 6.47 Å². The molecule has 0 radical (unpaired) electrons. The van der Waals surface area contributed by atoms with Crippen molar-refractivity contribution in [3.05, 3.63) is 35.9 Å². The van der Waals surface area contributed by atoms with Crippen LogP contribution in [0.3, 0.4) is 0 Å². The standard InChI is InChI=1S/C23H41N.CH2O2.ClH/c1-4-5-6-7-8-9-10-11-12-13-14-18-21-23(24(2)3)22-19-16-15-17-20-22;2-1-3;/h15-17,19-20,23H,4-14,18,21H2,1-3H3;1H,(H,2,3);1H. The number of benzene rings is 1. The van der Waals surface area contributed by atoms with Crippen LogP contribution in [0.15, 0.2) is 30.3 Å². The van der Waals surface area contributed by atoms with E-state index in [1.165, 1.54) is 89.0 Å². The quantitative estimate of drug-likeness (QED) is 0.239. The molecule has 0 amide bonds. The normalized spacial score (nSPS) is 11.3. The summed E-state index contributed by atoms with van der Waals surface area (Å²) in [6.45, 7) is 2.04. The molecule has 0 saturated heterocycles. The number of hydrogen-bond acceptors (Lipinski definition) is 2. The lowest BCUT2D eigenvalue weighted by Gasteiger charge is -2.24. The number of nitrogens with zero attached hydrogens (tertiary/aromatic N) is 1. The highest BCUT2D eigenvalue weighted by atomic mass is 35.5. The summed E-state index contributed by atoms with van der Waals surface area (Å²) in [6, 6.07) is 11.5. The van der Waals surface area contributed by atoms with E-state index in [2.05, 4.69) is 56.3 Å². The Morgan fingerprint density at radius 1 is 0.821 bits per heavy atom. The molecule has 1 N–H and O–H groups in total. The van der Waals surface area contributed by atoms with Crippen LogP contribution in [0, 0.1) is 0 Å². The van der Waals surface area contributed by atoms with Crippen LogP contribution in [0.25, 0.3) is 0 Å². The molecule has 1 aromatic rings. The van der Waals surface area contributed by atoms with E-state index < -0.39 is 0 Å². The molecule has 0 aliphatic rings. The highest BCUT2D eigenvalue weighted by Gasteiger charge is 2.12. The molecule has 0 fully saturated rings. The molecule has 0 aliphatic carbocycles. The summed E-state index contributed by atoms with van der Waals surface area (Å²) in [7, 11) is 4.41. The molecule has 1 aromatic carbocycles. The molecule has 1 unspecified atom stereocenters. The zero-order valence-electron chi connectivity index (χ0n) is 18.4. The van der Waals surface area contributed by atoms with Crippen molar-refractivity contribution in [3.63, 3.8) is 0 Å². The lowest BCUT2D eigenvalue weighted by Crippen LogP contribution is -2.19. The van der Waals surface area contributed by atoms with Crippen LogP contribution < -0.4 is 0 Å². The second-order valence-electron chi connectivity index (χ2n) is 7.67. The maximum absolute atomic E-state index is 8.36. The van der Waals surface area contributed by atoms with Gasteiger partial charge in [0.2, 0.25) is 0 Å². The van der Waals surface area contributed by atoms with Crippen LogP contribution in [0.4, 0.5) is 0 Å². The minimum atomic E-state index is -0.250. The summed E-state index contributed by atoms with van der Waals surface area (Å²) >= 11 is 0. The molecular weight excluding hydrogens is 370 g/mol. The van der Waals surface area contributed by atoms with Gasteiger partial charge < -0.3 is 10.0 Å². The van der Waals surface area contributed by atoms with Crippen LogP contribution in [-0.2, 0) is 4.79 Å². The molecule has 0 aliphatic heterocycles. The van der Waals surface area contributed by atoms with Crippen LogP contribution in [0.2, 0.25) is 0 Å². The smallest absolute Gasteiger partial charge is 0.290 e. The molecule has 0 aromatic heterocycles. The molecule has 3 nitrogen and oxygen atoms in total. The number of unbranched alkanes of at least 4 members (excludes halogenated alkanes) is 11. The highest BCUT2D eigenvalue weighted by molar-refractivity contribution is 5.85. The van der Waals surface area contributed by atoms with Crippen LogP contribution in [0.5, 0.6) is 0 Å². The third-order valence-corrected chi connectivity index (χ3v) is 5.14. The van der Waals surface area contributed by atoms with Crippen LogP contribution in [0.1, 0.15) is 102 Å². The van der Waals surface area contributed by atoms with Gasteiger partial charge in [0.15, 0.2) is 0 Å². The maximum atomic E-state index is 8.36. The lowest BCUT2D eigenvalue weighted by atomic mass is 9.98. The SMILES string of the molecule is CCCCCCCCCCCCCCC(c1ccccc1)N(C)C.Cl.O=CO. The number of halogens is 1. The van der Waals surface area contributed by atoms with Gasteiger partial charge in [-0.1, -0.05) is 114 Å². The largest absolute Gasteiger partial charge is 0.483 e. The van der Waals surface area contributed by atoms with Crippen molar-refractivity contribution in [2.45, 2.75) is 96.4 Å². The highest BCUT2D eigenvalue weighted by Crippen LogP contribution is 2.24. The Morgan fingerprint density at radius 3 is 1.61 bits per heavy atom. The minimum Gasteiger partial charge on any atom is -0.483 e. The molecule has 4 heteroatoms. The predicted octanol–water partition coefficient (Wildman–Crippen LogP) is 7.50. The van der Waals surface area contributed by atoms with Gasteiger partial charge in [0, 0.05) is 6.04 Å². The number of rotatable bonds is 15. The van der Waals surface area contributed by atoms with E-state index in [4.69, 9.17) is 9.90 Å². The van der Waals surface area contributed by atoms with Crippen molar-refractivity contribution in [2.75, 3.05) is 14.1 Å². The van der Waals surface area contributed by atoms with E-state index in [0.717, 1.165) is 0 Å². The fraction of sp³-hybridized carbons (Fsp3) is 0.708. The van der Waals surface area contributed by atoms with Crippen molar-refractivity contribution >= 4 is 18.9 Å². The molecule has 1 rings (SSSR count). The van der Waals surface area contributed by atoms with E-state index in [9.17, 15) is 0 Å². The van der Waals surface area contributed by atoms with Gasteiger partial charge in [-0.15, -0.1) is 12.4 Å². The van der Waals surface area contributed by atoms with Crippen molar-refractivity contribution in [1.29, 1.82) is 0 Å². The van der Waals surface area contributed by atoms with Crippen LogP contribution in [-0.4, -0.2) is 30.6 Å². The lowest BCUT2D eigenvalue weighted by molar-refractivity contribution is -0.122. The van der Waals surface area contributed by atoms with Gasteiger partial charge >= 0.3 is 0 Å². The molecule has 164 valence electrons. The number of carbonyl (C=O) groups is 1. The Labute approximate surface area is 180 Å². The first-order valence-electron chi connectivity index (χ1n) is 11.0. The molecule has 0 saturated carbocycles. The summed E-state index contributed by atoms with van der Waals surface area (Å²) in [5, 5.41) is 6.89. The number of hydrogen-bond donors (Lipinski definition) is 1. The van der Waals surface area contributed by atoms with Gasteiger partial charge in [-0.05, 0) is 26.1 Å². The van der Waals surface area contributed by atoms with Gasteiger partial charge in [-0.3, -0.25) is 4.79 Å². The molecule has 28 heavy (non-hydrogen) atoms. The molecule has 0 spiro atoms. The summed E-state index contributed by atoms with van der Waals surface area (Å²) in [5.74, 6) is 0. The van der Waals surface area contributed by atoms with Crippen LogP contribution >= 0.6 is 12.4 Å². The van der Waals surface area contributed by atoms with E-state index in [1.807, 2.05) is 0 Å². The summed E-state index contributed by atoms with van der Waals surface area (Å²) < 4.78 is 0. The van der Waals surface area contributed by atoms with Crippen molar-refractivity contribution in [1.82, 2.24) is 4.90 Å². The topological polar surface area (TPSA) is 40.5 Å². The van der Waals surface area contributed by atoms with Crippen molar-refractivity contribution < 1.29 is 9.90 Å². The monoisotopic (exact) mass is 413 g/mol. The summed E-state index contributed by atoms with van der Waals surface area (Å²) in [4.78, 5) is 10.7. The third kappa shape index (κ3) is 17.1. The first-order valence-corrected chi connectivity index (χ1v) is 11.0. The second-order valence-corrected chi connectivity index (χ2v) is 7.67. The Kier molecular flexibility index (Phi) is 23.1. The first kappa shape index (κ1) is 29.1. The van der Waals surface area contributed by atoms with Crippen molar-refractivity contribution in [2.24, 2.45) is 0 Å². The molecule has 0 heterocycles. The zero-order valence-corrected chi connectivity index (χ0v) is 19.3. The van der Waals surface area contributed by atoms with Gasteiger partial charge in [0.1, 0.15) is 0 Å².